The summed E-state index contributed by atoms with van der Waals surface area (Å²) in [7, 11) is 0. The van der Waals surface area contributed by atoms with Gasteiger partial charge in [0, 0.05) is 38.1 Å². The van der Waals surface area contributed by atoms with Crippen LogP contribution in [0.1, 0.15) is 71.6 Å². The maximum absolute atomic E-state index is 14.6. The first-order valence-electron chi connectivity index (χ1n) is 15.3. The lowest BCUT2D eigenvalue weighted by atomic mass is 9.65. The Morgan fingerprint density at radius 3 is 2.36 bits per heavy atom. The summed E-state index contributed by atoms with van der Waals surface area (Å²) in [6, 6.07) is 12.3. The van der Waals surface area contributed by atoms with Crippen LogP contribution in [0.25, 0.3) is 0 Å². The molecule has 2 saturated heterocycles. The SMILES string of the molecule is CC(C)[C@H]1CN2C[C@H](C)C(C)(c3cccc(O)c3)C[C@@H]2CN1C(=O)[C@H]1Cc2ccc(O)cc2CN1C(=O)OC(C)(C)C. The zero-order chi connectivity index (χ0) is 30.6. The minimum absolute atomic E-state index is 0.0211. The fourth-order valence-corrected chi connectivity index (χ4v) is 7.21. The number of piperazine rings is 1. The van der Waals surface area contributed by atoms with Crippen molar-refractivity contribution in [1.29, 1.82) is 0 Å². The summed E-state index contributed by atoms with van der Waals surface area (Å²) >= 11 is 0. The van der Waals surface area contributed by atoms with E-state index in [9.17, 15) is 19.8 Å². The highest BCUT2D eigenvalue weighted by molar-refractivity contribution is 5.87. The molecule has 2 fully saturated rings. The third kappa shape index (κ3) is 5.83. The number of aromatic hydroxyl groups is 2. The average Bonchev–Trinajstić information content (AvgIpc) is 2.91. The number of phenolic OH excluding ortho intramolecular Hbond substituents is 2. The number of benzene rings is 2. The number of hydrogen-bond donors (Lipinski definition) is 2. The van der Waals surface area contributed by atoms with Crippen molar-refractivity contribution in [2.75, 3.05) is 19.6 Å². The Balaban J connectivity index is 1.46. The maximum atomic E-state index is 14.6. The number of carbonyl (C=O) groups is 2. The van der Waals surface area contributed by atoms with E-state index < -0.39 is 17.7 Å². The van der Waals surface area contributed by atoms with Gasteiger partial charge in [0.2, 0.25) is 5.91 Å². The molecule has 8 heteroatoms. The monoisotopic (exact) mass is 577 g/mol. The van der Waals surface area contributed by atoms with Crippen LogP contribution in [-0.4, -0.2) is 80.3 Å². The lowest BCUT2D eigenvalue weighted by molar-refractivity contribution is -0.148. The lowest BCUT2D eigenvalue weighted by Gasteiger charge is -2.56. The first kappa shape index (κ1) is 30.2. The Bertz CT molecular complexity index is 1340. The molecule has 3 aliphatic heterocycles. The number of piperidine rings is 1. The Morgan fingerprint density at radius 1 is 0.976 bits per heavy atom. The third-order valence-corrected chi connectivity index (χ3v) is 9.79. The highest BCUT2D eigenvalue weighted by Gasteiger charge is 2.49. The molecule has 42 heavy (non-hydrogen) atoms. The second kappa shape index (κ2) is 11.1. The van der Waals surface area contributed by atoms with Gasteiger partial charge in [0.15, 0.2) is 0 Å². The van der Waals surface area contributed by atoms with Crippen LogP contribution < -0.4 is 0 Å². The molecule has 0 saturated carbocycles. The number of nitrogens with zero attached hydrogens (tertiary/aromatic N) is 3. The fourth-order valence-electron chi connectivity index (χ4n) is 7.21. The van der Waals surface area contributed by atoms with E-state index in [1.807, 2.05) is 43.9 Å². The van der Waals surface area contributed by atoms with Crippen LogP contribution >= 0.6 is 0 Å². The number of phenols is 2. The fraction of sp³-hybridized carbons (Fsp3) is 0.588. The Kier molecular flexibility index (Phi) is 7.98. The maximum Gasteiger partial charge on any atom is 0.411 e. The van der Waals surface area contributed by atoms with Gasteiger partial charge in [-0.25, -0.2) is 4.79 Å². The molecule has 0 aromatic heterocycles. The van der Waals surface area contributed by atoms with Crippen LogP contribution in [-0.2, 0) is 27.9 Å². The zero-order valence-corrected chi connectivity index (χ0v) is 26.1. The predicted molar refractivity (Wildman–Crippen MR) is 162 cm³/mol. The summed E-state index contributed by atoms with van der Waals surface area (Å²) in [5.41, 5.74) is 2.08. The van der Waals surface area contributed by atoms with Crippen LogP contribution in [0.2, 0.25) is 0 Å². The van der Waals surface area contributed by atoms with Crippen molar-refractivity contribution in [3.05, 3.63) is 59.2 Å². The van der Waals surface area contributed by atoms with Crippen LogP contribution in [0.4, 0.5) is 4.79 Å². The lowest BCUT2D eigenvalue weighted by Crippen LogP contribution is -2.68. The first-order valence-corrected chi connectivity index (χ1v) is 15.3. The number of rotatable bonds is 3. The standard InChI is InChI=1S/C34H47N3O5/c1-21(2)30-20-35-17-22(3)34(7,25-9-8-10-27(38)15-25)16-26(35)19-36(30)31(40)29-14-23-11-12-28(39)13-24(23)18-37(29)32(41)42-33(4,5)6/h8-13,15,21-22,26,29-30,38-39H,14,16-20H2,1-7H3/t22-,26+,29+,30+,34?/m0/s1. The van der Waals surface area contributed by atoms with E-state index >= 15 is 0 Å². The zero-order valence-electron chi connectivity index (χ0n) is 26.1. The number of hydrogen-bond acceptors (Lipinski definition) is 6. The second-order valence-electron chi connectivity index (χ2n) is 14.3. The molecule has 3 heterocycles. The van der Waals surface area contributed by atoms with E-state index in [-0.39, 0.29) is 47.4 Å². The normalized spacial score (nSPS) is 28.3. The first-order chi connectivity index (χ1) is 19.7. The van der Waals surface area contributed by atoms with Crippen molar-refractivity contribution < 1.29 is 24.5 Å². The molecule has 5 atom stereocenters. The molecule has 5 rings (SSSR count). The number of carbonyl (C=O) groups excluding carboxylic acids is 2. The van der Waals surface area contributed by atoms with Crippen molar-refractivity contribution >= 4 is 12.0 Å². The molecule has 2 N–H and O–H groups in total. The topological polar surface area (TPSA) is 93.5 Å². The van der Waals surface area contributed by atoms with Crippen molar-refractivity contribution in [2.45, 2.75) is 97.0 Å². The summed E-state index contributed by atoms with van der Waals surface area (Å²) < 4.78 is 5.77. The van der Waals surface area contributed by atoms with Gasteiger partial charge in [-0.15, -0.1) is 0 Å². The molecule has 8 nitrogen and oxygen atoms in total. The quantitative estimate of drug-likeness (QED) is 0.515. The van der Waals surface area contributed by atoms with Gasteiger partial charge in [-0.3, -0.25) is 14.6 Å². The summed E-state index contributed by atoms with van der Waals surface area (Å²) in [6.07, 6.45) is 0.730. The van der Waals surface area contributed by atoms with Crippen LogP contribution in [0.3, 0.4) is 0 Å². The van der Waals surface area contributed by atoms with Gasteiger partial charge in [-0.05, 0) is 85.4 Å². The van der Waals surface area contributed by atoms with Crippen molar-refractivity contribution in [1.82, 2.24) is 14.7 Å². The van der Waals surface area contributed by atoms with E-state index in [0.717, 1.165) is 36.2 Å². The van der Waals surface area contributed by atoms with E-state index in [4.69, 9.17) is 4.74 Å². The minimum Gasteiger partial charge on any atom is -0.508 e. The number of ether oxygens (including phenoxy) is 1. The molecule has 1 unspecified atom stereocenters. The Labute approximate surface area is 250 Å². The number of amides is 2. The van der Waals surface area contributed by atoms with Gasteiger partial charge in [0.1, 0.15) is 23.1 Å². The van der Waals surface area contributed by atoms with E-state index in [0.29, 0.717) is 18.9 Å². The van der Waals surface area contributed by atoms with Gasteiger partial charge < -0.3 is 19.8 Å². The minimum atomic E-state index is -0.703. The molecular weight excluding hydrogens is 530 g/mol. The third-order valence-electron chi connectivity index (χ3n) is 9.79. The van der Waals surface area contributed by atoms with Gasteiger partial charge in [-0.2, -0.15) is 0 Å². The van der Waals surface area contributed by atoms with Gasteiger partial charge in [0.05, 0.1) is 6.54 Å². The van der Waals surface area contributed by atoms with Crippen molar-refractivity contribution in [3.63, 3.8) is 0 Å². The van der Waals surface area contributed by atoms with E-state index in [2.05, 4.69) is 38.7 Å². The molecule has 2 amide bonds. The molecule has 0 spiro atoms. The molecule has 2 aromatic rings. The van der Waals surface area contributed by atoms with E-state index in [1.54, 1.807) is 23.1 Å². The summed E-state index contributed by atoms with van der Waals surface area (Å²) in [5, 5.41) is 20.4. The molecule has 228 valence electrons. The second-order valence-corrected chi connectivity index (χ2v) is 14.3. The average molecular weight is 578 g/mol. The molecule has 2 aromatic carbocycles. The van der Waals surface area contributed by atoms with Crippen LogP contribution in [0, 0.1) is 11.8 Å². The largest absolute Gasteiger partial charge is 0.508 e. The highest BCUT2D eigenvalue weighted by atomic mass is 16.6. The number of fused-ring (bicyclic) bond motifs is 2. The molecule has 0 bridgehead atoms. The summed E-state index contributed by atoms with van der Waals surface area (Å²) in [4.78, 5) is 34.3. The molecule has 0 aliphatic carbocycles. The summed E-state index contributed by atoms with van der Waals surface area (Å²) in [5.74, 6) is 0.985. The molecular formula is C34H47N3O5. The van der Waals surface area contributed by atoms with Gasteiger partial charge >= 0.3 is 6.09 Å². The highest BCUT2D eigenvalue weighted by Crippen LogP contribution is 2.44. The van der Waals surface area contributed by atoms with Gasteiger partial charge in [0.25, 0.3) is 0 Å². The summed E-state index contributed by atoms with van der Waals surface area (Å²) in [6.45, 7) is 16.9. The van der Waals surface area contributed by atoms with Gasteiger partial charge in [-0.1, -0.05) is 45.9 Å². The molecule has 0 radical (unpaired) electrons. The van der Waals surface area contributed by atoms with Crippen molar-refractivity contribution in [2.24, 2.45) is 11.8 Å². The molecule has 3 aliphatic rings. The predicted octanol–water partition coefficient (Wildman–Crippen LogP) is 5.29. The smallest absolute Gasteiger partial charge is 0.411 e. The van der Waals surface area contributed by atoms with Crippen LogP contribution in [0.5, 0.6) is 11.5 Å². The van der Waals surface area contributed by atoms with E-state index in [1.165, 1.54) is 0 Å². The van der Waals surface area contributed by atoms with Crippen LogP contribution in [0.15, 0.2) is 42.5 Å². The van der Waals surface area contributed by atoms with Crippen molar-refractivity contribution in [3.8, 4) is 11.5 Å². The Hall–Kier alpha value is -3.26. The Morgan fingerprint density at radius 2 is 1.69 bits per heavy atom.